The van der Waals surface area contributed by atoms with Gasteiger partial charge in [-0.15, -0.1) is 0 Å². The Hall–Kier alpha value is -1.92. The number of aromatic carboxylic acids is 1. The molecular formula is C15H21NO5. The fourth-order valence-electron chi connectivity index (χ4n) is 1.63. The van der Waals surface area contributed by atoms with Gasteiger partial charge in [0.15, 0.2) is 0 Å². The fourth-order valence-corrected chi connectivity index (χ4v) is 1.63. The summed E-state index contributed by atoms with van der Waals surface area (Å²) in [6.07, 6.45) is -0.640. The van der Waals surface area contributed by atoms with Crippen LogP contribution in [0.15, 0.2) is 18.2 Å². The second kappa shape index (κ2) is 8.39. The highest BCUT2D eigenvalue weighted by Crippen LogP contribution is 2.17. The van der Waals surface area contributed by atoms with E-state index in [1.54, 1.807) is 19.9 Å². The molecule has 2 N–H and O–H groups in total. The molecule has 21 heavy (non-hydrogen) atoms. The van der Waals surface area contributed by atoms with Crippen LogP contribution in [0.5, 0.6) is 0 Å². The summed E-state index contributed by atoms with van der Waals surface area (Å²) in [5, 5.41) is 11.6. The van der Waals surface area contributed by atoms with Crippen LogP contribution in [-0.4, -0.2) is 42.9 Å². The molecule has 0 saturated carbocycles. The average molecular weight is 295 g/mol. The van der Waals surface area contributed by atoms with Crippen LogP contribution in [0, 0.1) is 6.92 Å². The molecule has 1 rings (SSSR count). The zero-order valence-electron chi connectivity index (χ0n) is 12.5. The molecular weight excluding hydrogens is 274 g/mol. The van der Waals surface area contributed by atoms with Crippen LogP contribution < -0.4 is 5.32 Å². The van der Waals surface area contributed by atoms with E-state index in [0.29, 0.717) is 25.5 Å². The number of amides is 1. The smallest absolute Gasteiger partial charge is 0.335 e. The number of anilines is 1. The summed E-state index contributed by atoms with van der Waals surface area (Å²) in [5.74, 6) is -1.36. The van der Waals surface area contributed by atoms with Crippen molar-refractivity contribution in [2.24, 2.45) is 0 Å². The summed E-state index contributed by atoms with van der Waals surface area (Å²) in [7, 11) is 0. The molecule has 0 heterocycles. The average Bonchev–Trinajstić information content (AvgIpc) is 2.45. The molecule has 0 spiro atoms. The third-order valence-corrected chi connectivity index (χ3v) is 2.91. The van der Waals surface area contributed by atoms with Gasteiger partial charge < -0.3 is 19.9 Å². The van der Waals surface area contributed by atoms with Gasteiger partial charge >= 0.3 is 5.97 Å². The van der Waals surface area contributed by atoms with Gasteiger partial charge in [0.05, 0.1) is 18.8 Å². The summed E-state index contributed by atoms with van der Waals surface area (Å²) in [6, 6.07) is 4.58. The summed E-state index contributed by atoms with van der Waals surface area (Å²) >= 11 is 0. The maximum atomic E-state index is 12.0. The lowest BCUT2D eigenvalue weighted by atomic mass is 10.1. The van der Waals surface area contributed by atoms with E-state index in [2.05, 4.69) is 5.32 Å². The van der Waals surface area contributed by atoms with Crippen molar-refractivity contribution >= 4 is 17.6 Å². The summed E-state index contributed by atoms with van der Waals surface area (Å²) in [4.78, 5) is 22.9. The maximum absolute atomic E-state index is 12.0. The second-order valence-corrected chi connectivity index (χ2v) is 4.53. The number of carbonyl (C=O) groups excluding carboxylic acids is 1. The van der Waals surface area contributed by atoms with E-state index < -0.39 is 12.1 Å². The monoisotopic (exact) mass is 295 g/mol. The number of carboxylic acid groups (broad SMARTS) is 1. The number of benzene rings is 1. The molecule has 0 saturated heterocycles. The largest absolute Gasteiger partial charge is 0.478 e. The van der Waals surface area contributed by atoms with E-state index in [1.165, 1.54) is 12.1 Å². The zero-order chi connectivity index (χ0) is 15.8. The zero-order valence-corrected chi connectivity index (χ0v) is 12.5. The highest BCUT2D eigenvalue weighted by molar-refractivity contribution is 5.96. The molecule has 0 radical (unpaired) electrons. The molecule has 0 aromatic heterocycles. The Morgan fingerprint density at radius 2 is 2.05 bits per heavy atom. The summed E-state index contributed by atoms with van der Waals surface area (Å²) in [6.45, 7) is 6.68. The Balaban J connectivity index is 2.61. The van der Waals surface area contributed by atoms with Crippen LogP contribution in [0.4, 0.5) is 5.69 Å². The minimum atomic E-state index is -1.04. The number of aryl methyl sites for hydroxylation is 1. The molecule has 0 aliphatic carbocycles. The van der Waals surface area contributed by atoms with Crippen molar-refractivity contribution in [3.8, 4) is 0 Å². The van der Waals surface area contributed by atoms with Gasteiger partial charge in [-0.05, 0) is 38.5 Å². The van der Waals surface area contributed by atoms with Crippen LogP contribution >= 0.6 is 0 Å². The highest BCUT2D eigenvalue weighted by Gasteiger charge is 2.15. The van der Waals surface area contributed by atoms with Gasteiger partial charge in [-0.2, -0.15) is 0 Å². The Bertz CT molecular complexity index is 501. The predicted octanol–water partition coefficient (Wildman–Crippen LogP) is 2.07. The van der Waals surface area contributed by atoms with E-state index in [9.17, 15) is 9.59 Å². The molecule has 6 nitrogen and oxygen atoms in total. The molecule has 1 amide bonds. The second-order valence-electron chi connectivity index (χ2n) is 4.53. The molecule has 0 aliphatic heterocycles. The van der Waals surface area contributed by atoms with Crippen LogP contribution in [0.1, 0.15) is 29.8 Å². The first-order chi connectivity index (χ1) is 9.95. The number of nitrogens with one attached hydrogen (secondary N) is 1. The maximum Gasteiger partial charge on any atom is 0.335 e. The van der Waals surface area contributed by atoms with Crippen molar-refractivity contribution in [3.05, 3.63) is 29.3 Å². The molecule has 1 atom stereocenters. The lowest BCUT2D eigenvalue weighted by Gasteiger charge is -2.15. The SMILES string of the molecule is CCOCCOC(C)C(=O)Nc1cc(C(=O)O)ccc1C. The third kappa shape index (κ3) is 5.53. The van der Waals surface area contributed by atoms with Gasteiger partial charge in [-0.1, -0.05) is 6.07 Å². The molecule has 0 fully saturated rings. The van der Waals surface area contributed by atoms with Crippen LogP contribution in [0.25, 0.3) is 0 Å². The Morgan fingerprint density at radius 1 is 1.33 bits per heavy atom. The third-order valence-electron chi connectivity index (χ3n) is 2.91. The van der Waals surface area contributed by atoms with Crippen molar-refractivity contribution in [3.63, 3.8) is 0 Å². The first-order valence-corrected chi connectivity index (χ1v) is 6.79. The Morgan fingerprint density at radius 3 is 2.67 bits per heavy atom. The number of hydrogen-bond acceptors (Lipinski definition) is 4. The van der Waals surface area contributed by atoms with Gasteiger partial charge in [0.2, 0.25) is 0 Å². The summed E-state index contributed by atoms with van der Waals surface area (Å²) in [5.41, 5.74) is 1.39. The Kier molecular flexibility index (Phi) is 6.84. The number of hydrogen-bond donors (Lipinski definition) is 2. The van der Waals surface area contributed by atoms with E-state index in [0.717, 1.165) is 5.56 Å². The molecule has 1 aromatic carbocycles. The Labute approximate surface area is 124 Å². The van der Waals surface area contributed by atoms with Gasteiger partial charge in [-0.3, -0.25) is 4.79 Å². The van der Waals surface area contributed by atoms with Crippen LogP contribution in [0.2, 0.25) is 0 Å². The van der Waals surface area contributed by atoms with Crippen molar-refractivity contribution in [2.45, 2.75) is 26.9 Å². The highest BCUT2D eigenvalue weighted by atomic mass is 16.5. The first kappa shape index (κ1) is 17.1. The minimum absolute atomic E-state index is 0.126. The minimum Gasteiger partial charge on any atom is -0.478 e. The van der Waals surface area contributed by atoms with Crippen molar-refractivity contribution in [1.82, 2.24) is 0 Å². The van der Waals surface area contributed by atoms with Crippen LogP contribution in [-0.2, 0) is 14.3 Å². The fraction of sp³-hybridized carbons (Fsp3) is 0.467. The topological polar surface area (TPSA) is 84.9 Å². The molecule has 1 unspecified atom stereocenters. The number of carbonyl (C=O) groups is 2. The number of rotatable bonds is 8. The van der Waals surface area contributed by atoms with Crippen molar-refractivity contribution < 1.29 is 24.2 Å². The van der Waals surface area contributed by atoms with Gasteiger partial charge in [0.25, 0.3) is 5.91 Å². The van der Waals surface area contributed by atoms with E-state index in [4.69, 9.17) is 14.6 Å². The van der Waals surface area contributed by atoms with Crippen molar-refractivity contribution in [2.75, 3.05) is 25.1 Å². The van der Waals surface area contributed by atoms with Crippen molar-refractivity contribution in [1.29, 1.82) is 0 Å². The predicted molar refractivity (Wildman–Crippen MR) is 78.7 cm³/mol. The number of carboxylic acids is 1. The van der Waals surface area contributed by atoms with Crippen LogP contribution in [0.3, 0.4) is 0 Å². The van der Waals surface area contributed by atoms with Gasteiger partial charge in [0, 0.05) is 12.3 Å². The first-order valence-electron chi connectivity index (χ1n) is 6.79. The van der Waals surface area contributed by atoms with Gasteiger partial charge in [0.1, 0.15) is 6.10 Å². The molecule has 0 aliphatic rings. The van der Waals surface area contributed by atoms with Gasteiger partial charge in [-0.25, -0.2) is 4.79 Å². The van der Waals surface area contributed by atoms with E-state index in [-0.39, 0.29) is 11.5 Å². The molecule has 116 valence electrons. The molecule has 0 bridgehead atoms. The lowest BCUT2D eigenvalue weighted by Crippen LogP contribution is -2.29. The van der Waals surface area contributed by atoms with E-state index >= 15 is 0 Å². The standard InChI is InChI=1S/C15H21NO5/c1-4-20-7-8-21-11(3)14(17)16-13-9-12(15(18)19)6-5-10(13)2/h5-6,9,11H,4,7-8H2,1-3H3,(H,16,17)(H,18,19). The lowest BCUT2D eigenvalue weighted by molar-refractivity contribution is -0.127. The summed E-state index contributed by atoms with van der Waals surface area (Å²) < 4.78 is 10.5. The normalized spacial score (nSPS) is 12.0. The molecule has 6 heteroatoms. The number of ether oxygens (including phenoxy) is 2. The van der Waals surface area contributed by atoms with E-state index in [1.807, 2.05) is 6.92 Å². The quantitative estimate of drug-likeness (QED) is 0.717. The molecule has 1 aromatic rings.